The first-order valence-corrected chi connectivity index (χ1v) is 9.15. The zero-order valence-corrected chi connectivity index (χ0v) is 13.8. The molecule has 0 spiro atoms. The summed E-state index contributed by atoms with van der Waals surface area (Å²) in [5, 5.41) is 8.99. The van der Waals surface area contributed by atoms with Crippen molar-refractivity contribution >= 4 is 21.7 Å². The van der Waals surface area contributed by atoms with E-state index in [4.69, 9.17) is 0 Å². The van der Waals surface area contributed by atoms with Crippen molar-refractivity contribution < 1.29 is 13.2 Å². The highest BCUT2D eigenvalue weighted by Crippen LogP contribution is 2.10. The van der Waals surface area contributed by atoms with Gasteiger partial charge in [0.2, 0.25) is 5.91 Å². The topological polar surface area (TPSA) is 99.7 Å². The summed E-state index contributed by atoms with van der Waals surface area (Å²) in [5.74, 6) is 0.894. The van der Waals surface area contributed by atoms with E-state index < -0.39 is 9.84 Å². The average Bonchev–Trinajstić information content (AvgIpc) is 2.76. The summed E-state index contributed by atoms with van der Waals surface area (Å²) < 4.78 is 22.8. The maximum absolute atomic E-state index is 11.6. The van der Waals surface area contributed by atoms with Crippen LogP contribution in [0.15, 0.2) is 4.99 Å². The van der Waals surface area contributed by atoms with Crippen molar-refractivity contribution in [2.75, 3.05) is 25.1 Å². The number of guanidine groups is 1. The van der Waals surface area contributed by atoms with Crippen LogP contribution in [0.1, 0.15) is 33.1 Å². The summed E-state index contributed by atoms with van der Waals surface area (Å²) in [5.41, 5.74) is 0. The van der Waals surface area contributed by atoms with Crippen molar-refractivity contribution in [2.45, 2.75) is 45.2 Å². The quantitative estimate of drug-likeness (QED) is 0.459. The molecule has 122 valence electrons. The van der Waals surface area contributed by atoms with E-state index in [1.165, 1.54) is 0 Å². The molecular formula is C13H26N4O3S. The zero-order valence-electron chi connectivity index (χ0n) is 13.0. The van der Waals surface area contributed by atoms with Gasteiger partial charge in [0, 0.05) is 32.1 Å². The number of hydrogen-bond donors (Lipinski definition) is 3. The highest BCUT2D eigenvalue weighted by atomic mass is 32.2. The van der Waals surface area contributed by atoms with Crippen LogP contribution in [0.4, 0.5) is 0 Å². The van der Waals surface area contributed by atoms with Crippen LogP contribution in [-0.4, -0.2) is 57.5 Å². The highest BCUT2D eigenvalue weighted by molar-refractivity contribution is 7.91. The van der Waals surface area contributed by atoms with Gasteiger partial charge in [0.15, 0.2) is 15.8 Å². The summed E-state index contributed by atoms with van der Waals surface area (Å²) in [6, 6.07) is 0.0776. The van der Waals surface area contributed by atoms with Crippen LogP contribution in [0.2, 0.25) is 0 Å². The maximum Gasteiger partial charge on any atom is 0.221 e. The minimum absolute atomic E-state index is 0.00394. The number of hydrogen-bond acceptors (Lipinski definition) is 4. The summed E-state index contributed by atoms with van der Waals surface area (Å²) in [6.07, 6.45) is 1.85. The lowest BCUT2D eigenvalue weighted by Gasteiger charge is -2.16. The highest BCUT2D eigenvalue weighted by Gasteiger charge is 2.28. The minimum Gasteiger partial charge on any atom is -0.356 e. The van der Waals surface area contributed by atoms with E-state index in [2.05, 4.69) is 20.9 Å². The predicted molar refractivity (Wildman–Crippen MR) is 84.1 cm³/mol. The van der Waals surface area contributed by atoms with E-state index in [-0.39, 0.29) is 29.5 Å². The molecule has 1 rings (SSSR count). The Morgan fingerprint density at radius 3 is 2.67 bits per heavy atom. The second-order valence-electron chi connectivity index (χ2n) is 5.37. The largest absolute Gasteiger partial charge is 0.356 e. The molecule has 0 aliphatic carbocycles. The van der Waals surface area contributed by atoms with Gasteiger partial charge in [-0.2, -0.15) is 0 Å². The molecule has 0 bridgehead atoms. The van der Waals surface area contributed by atoms with Crippen LogP contribution in [0.3, 0.4) is 0 Å². The van der Waals surface area contributed by atoms with Crippen LogP contribution < -0.4 is 16.0 Å². The van der Waals surface area contributed by atoms with Gasteiger partial charge in [-0.1, -0.05) is 6.92 Å². The van der Waals surface area contributed by atoms with Crippen LogP contribution in [0.5, 0.6) is 0 Å². The molecule has 1 aliphatic rings. The van der Waals surface area contributed by atoms with Gasteiger partial charge in [0.25, 0.3) is 0 Å². The summed E-state index contributed by atoms with van der Waals surface area (Å²) in [4.78, 5) is 15.7. The monoisotopic (exact) mass is 318 g/mol. The molecule has 1 saturated heterocycles. The number of nitrogens with zero attached hydrogens (tertiary/aromatic N) is 1. The van der Waals surface area contributed by atoms with Gasteiger partial charge in [0.1, 0.15) is 0 Å². The Morgan fingerprint density at radius 1 is 1.43 bits per heavy atom. The molecule has 2 atom stereocenters. The fourth-order valence-electron chi connectivity index (χ4n) is 2.04. The third-order valence-corrected chi connectivity index (χ3v) is 5.23. The van der Waals surface area contributed by atoms with Crippen molar-refractivity contribution in [1.82, 2.24) is 16.0 Å². The molecule has 3 N–H and O–H groups in total. The number of aliphatic imine (C=N–C) groups is 1. The van der Waals surface area contributed by atoms with Gasteiger partial charge >= 0.3 is 0 Å². The maximum atomic E-state index is 11.6. The van der Waals surface area contributed by atoms with Crippen LogP contribution >= 0.6 is 0 Å². The van der Waals surface area contributed by atoms with Gasteiger partial charge in [-0.15, -0.1) is 0 Å². The van der Waals surface area contributed by atoms with Gasteiger partial charge in [-0.05, 0) is 19.8 Å². The fourth-order valence-corrected chi connectivity index (χ4v) is 3.71. The van der Waals surface area contributed by atoms with E-state index in [1.54, 1.807) is 7.05 Å². The molecule has 7 nitrogen and oxygen atoms in total. The first-order valence-electron chi connectivity index (χ1n) is 7.33. The van der Waals surface area contributed by atoms with Crippen molar-refractivity contribution in [3.8, 4) is 0 Å². The number of carbonyl (C=O) groups is 1. The van der Waals surface area contributed by atoms with Crippen LogP contribution in [0, 0.1) is 0 Å². The molecule has 0 aromatic rings. The van der Waals surface area contributed by atoms with Gasteiger partial charge in [0.05, 0.1) is 11.5 Å². The molecule has 0 saturated carbocycles. The van der Waals surface area contributed by atoms with Crippen molar-refractivity contribution in [3.63, 3.8) is 0 Å². The molecule has 0 aromatic carbocycles. The third-order valence-electron chi connectivity index (χ3n) is 3.46. The standard InChI is InChI=1S/C13H26N4O3S/c1-4-10(2)16-12(18)5-7-15-13(14-3)17-11-6-8-21(19,20)9-11/h10-11H,4-9H2,1-3H3,(H,16,18)(H2,14,15,17). The second kappa shape index (κ2) is 8.21. The van der Waals surface area contributed by atoms with Gasteiger partial charge in [-0.3, -0.25) is 9.79 Å². The molecule has 1 aliphatic heterocycles. The molecule has 0 radical (unpaired) electrons. The Labute approximate surface area is 126 Å². The van der Waals surface area contributed by atoms with Crippen LogP contribution in [0.25, 0.3) is 0 Å². The Kier molecular flexibility index (Phi) is 6.94. The number of carbonyl (C=O) groups excluding carboxylic acids is 1. The Hall–Kier alpha value is -1.31. The molecule has 1 heterocycles. The molecule has 21 heavy (non-hydrogen) atoms. The molecule has 0 aromatic heterocycles. The van der Waals surface area contributed by atoms with E-state index in [9.17, 15) is 13.2 Å². The molecule has 1 fully saturated rings. The minimum atomic E-state index is -2.91. The number of rotatable bonds is 6. The van der Waals surface area contributed by atoms with Crippen molar-refractivity contribution in [3.05, 3.63) is 0 Å². The first kappa shape index (κ1) is 17.7. The smallest absolute Gasteiger partial charge is 0.221 e. The van der Waals surface area contributed by atoms with Gasteiger partial charge in [-0.25, -0.2) is 8.42 Å². The lowest BCUT2D eigenvalue weighted by Crippen LogP contribution is -2.45. The zero-order chi connectivity index (χ0) is 15.9. The van der Waals surface area contributed by atoms with E-state index in [1.807, 2.05) is 13.8 Å². The lowest BCUT2D eigenvalue weighted by atomic mass is 10.2. The number of nitrogens with one attached hydrogen (secondary N) is 3. The molecule has 1 amide bonds. The first-order chi connectivity index (χ1) is 9.86. The normalized spacial score (nSPS) is 22.6. The second-order valence-corrected chi connectivity index (χ2v) is 7.60. The average molecular weight is 318 g/mol. The lowest BCUT2D eigenvalue weighted by molar-refractivity contribution is -0.121. The van der Waals surface area contributed by atoms with Crippen molar-refractivity contribution in [1.29, 1.82) is 0 Å². The Balaban J connectivity index is 2.28. The summed E-state index contributed by atoms with van der Waals surface area (Å²) in [7, 11) is -1.29. The van der Waals surface area contributed by atoms with Crippen LogP contribution in [-0.2, 0) is 14.6 Å². The fraction of sp³-hybridized carbons (Fsp3) is 0.846. The molecule has 8 heteroatoms. The predicted octanol–water partition coefficient (Wildman–Crippen LogP) is -0.357. The number of amides is 1. The summed E-state index contributed by atoms with van der Waals surface area (Å²) in [6.45, 7) is 4.44. The molecule has 2 unspecified atom stereocenters. The number of sulfone groups is 1. The third kappa shape index (κ3) is 6.79. The Bertz CT molecular complexity index is 476. The Morgan fingerprint density at radius 2 is 2.14 bits per heavy atom. The SMILES string of the molecule is CCC(C)NC(=O)CCNC(=NC)NC1CCS(=O)(=O)C1. The van der Waals surface area contributed by atoms with Gasteiger partial charge < -0.3 is 16.0 Å². The van der Waals surface area contributed by atoms with E-state index in [0.717, 1.165) is 6.42 Å². The van der Waals surface area contributed by atoms with E-state index in [0.29, 0.717) is 25.3 Å². The molecular weight excluding hydrogens is 292 g/mol. The van der Waals surface area contributed by atoms with E-state index >= 15 is 0 Å². The summed E-state index contributed by atoms with van der Waals surface area (Å²) >= 11 is 0. The van der Waals surface area contributed by atoms with Crippen molar-refractivity contribution in [2.24, 2.45) is 4.99 Å².